The molecule has 1 N–H and O–H groups in total. The Bertz CT molecular complexity index is 1250. The molecule has 37 heavy (non-hydrogen) atoms. The van der Waals surface area contributed by atoms with Crippen molar-refractivity contribution in [1.82, 2.24) is 4.98 Å². The third kappa shape index (κ3) is 5.70. The zero-order valence-electron chi connectivity index (χ0n) is 22.6. The molecule has 0 bridgehead atoms. The number of aromatic nitrogens is 1. The SMILES string of the molecule is CCC(CC)(c1ccc(/C=C/C2(O)CCCC2)c(C)c1)c1ccc(-c2ccc(COC=O)cn2)c(C)c1. The van der Waals surface area contributed by atoms with Gasteiger partial charge in [0.1, 0.15) is 6.61 Å². The second-order valence-corrected chi connectivity index (χ2v) is 10.5. The van der Waals surface area contributed by atoms with Crippen LogP contribution in [0.2, 0.25) is 0 Å². The fourth-order valence-corrected chi connectivity index (χ4v) is 5.84. The zero-order chi connectivity index (χ0) is 26.5. The van der Waals surface area contributed by atoms with Crippen LogP contribution < -0.4 is 0 Å². The highest BCUT2D eigenvalue weighted by Crippen LogP contribution is 2.41. The number of nitrogens with zero attached hydrogens (tertiary/aromatic N) is 1. The molecule has 0 spiro atoms. The summed E-state index contributed by atoms with van der Waals surface area (Å²) < 4.78 is 4.83. The Balaban J connectivity index is 1.63. The first-order chi connectivity index (χ1) is 17.8. The van der Waals surface area contributed by atoms with Crippen molar-refractivity contribution in [1.29, 1.82) is 0 Å². The van der Waals surface area contributed by atoms with E-state index in [0.29, 0.717) is 6.47 Å². The number of carbonyl (C=O) groups is 1. The Morgan fingerprint density at radius 2 is 1.65 bits per heavy atom. The second kappa shape index (κ2) is 11.4. The number of hydrogen-bond donors (Lipinski definition) is 1. The highest BCUT2D eigenvalue weighted by atomic mass is 16.5. The molecule has 0 atom stereocenters. The van der Waals surface area contributed by atoms with Crippen LogP contribution in [0.1, 0.15) is 85.8 Å². The molecule has 194 valence electrons. The van der Waals surface area contributed by atoms with Crippen molar-refractivity contribution in [2.75, 3.05) is 0 Å². The predicted molar refractivity (Wildman–Crippen MR) is 150 cm³/mol. The van der Waals surface area contributed by atoms with Crippen LogP contribution in [0.4, 0.5) is 0 Å². The van der Waals surface area contributed by atoms with Gasteiger partial charge in [0.15, 0.2) is 0 Å². The van der Waals surface area contributed by atoms with Crippen LogP contribution in [-0.4, -0.2) is 22.2 Å². The zero-order valence-corrected chi connectivity index (χ0v) is 22.6. The monoisotopic (exact) mass is 497 g/mol. The van der Waals surface area contributed by atoms with Crippen molar-refractivity contribution in [2.24, 2.45) is 0 Å². The number of hydrogen-bond acceptors (Lipinski definition) is 4. The molecule has 1 saturated carbocycles. The minimum atomic E-state index is -0.639. The maximum atomic E-state index is 10.7. The van der Waals surface area contributed by atoms with E-state index < -0.39 is 5.60 Å². The van der Waals surface area contributed by atoms with Crippen LogP contribution in [0, 0.1) is 13.8 Å². The van der Waals surface area contributed by atoms with Crippen molar-refractivity contribution >= 4 is 12.5 Å². The summed E-state index contributed by atoms with van der Waals surface area (Å²) in [6, 6.07) is 17.5. The number of pyridine rings is 1. The smallest absolute Gasteiger partial charge is 0.293 e. The molecule has 0 aliphatic heterocycles. The highest BCUT2D eigenvalue weighted by Gasteiger charge is 2.32. The average Bonchev–Trinajstić information content (AvgIpc) is 3.35. The van der Waals surface area contributed by atoms with Crippen molar-refractivity contribution in [2.45, 2.75) is 83.8 Å². The van der Waals surface area contributed by atoms with Gasteiger partial charge in [0.2, 0.25) is 0 Å². The molecule has 1 aliphatic carbocycles. The molecule has 1 aliphatic rings. The quantitative estimate of drug-likeness (QED) is 0.295. The highest BCUT2D eigenvalue weighted by molar-refractivity contribution is 5.65. The van der Waals surface area contributed by atoms with Gasteiger partial charge in [-0.25, -0.2) is 0 Å². The van der Waals surface area contributed by atoms with Gasteiger partial charge < -0.3 is 9.84 Å². The Morgan fingerprint density at radius 1 is 0.973 bits per heavy atom. The van der Waals surface area contributed by atoms with E-state index in [0.717, 1.165) is 55.3 Å². The van der Waals surface area contributed by atoms with Gasteiger partial charge in [-0.2, -0.15) is 0 Å². The number of benzene rings is 2. The van der Waals surface area contributed by atoms with Gasteiger partial charge in [0.25, 0.3) is 6.47 Å². The maximum Gasteiger partial charge on any atom is 0.293 e. The van der Waals surface area contributed by atoms with Gasteiger partial charge >= 0.3 is 0 Å². The van der Waals surface area contributed by atoms with Gasteiger partial charge in [0, 0.05) is 22.7 Å². The molecule has 1 fully saturated rings. The van der Waals surface area contributed by atoms with Crippen molar-refractivity contribution in [3.8, 4) is 11.3 Å². The maximum absolute atomic E-state index is 10.7. The fourth-order valence-electron chi connectivity index (χ4n) is 5.84. The average molecular weight is 498 g/mol. The van der Waals surface area contributed by atoms with E-state index in [1.54, 1.807) is 6.20 Å². The molecule has 4 nitrogen and oxygen atoms in total. The Morgan fingerprint density at radius 3 is 2.22 bits per heavy atom. The number of ether oxygens (including phenoxy) is 1. The van der Waals surface area contributed by atoms with Crippen molar-refractivity contribution < 1.29 is 14.6 Å². The molecule has 4 heteroatoms. The summed E-state index contributed by atoms with van der Waals surface area (Å²) >= 11 is 0. The summed E-state index contributed by atoms with van der Waals surface area (Å²) in [5.74, 6) is 0. The van der Waals surface area contributed by atoms with Gasteiger partial charge in [0.05, 0.1) is 11.3 Å². The third-order valence-corrected chi connectivity index (χ3v) is 8.27. The van der Waals surface area contributed by atoms with E-state index in [1.807, 2.05) is 18.2 Å². The van der Waals surface area contributed by atoms with Crippen LogP contribution >= 0.6 is 0 Å². The van der Waals surface area contributed by atoms with E-state index in [9.17, 15) is 9.90 Å². The molecule has 3 aromatic rings. The lowest BCUT2D eigenvalue weighted by molar-refractivity contribution is -0.129. The lowest BCUT2D eigenvalue weighted by Crippen LogP contribution is -2.26. The number of rotatable bonds is 10. The first-order valence-corrected chi connectivity index (χ1v) is 13.5. The normalized spacial score (nSPS) is 15.3. The fraction of sp³-hybridized carbons (Fsp3) is 0.394. The molecule has 0 saturated heterocycles. The summed E-state index contributed by atoms with van der Waals surface area (Å²) in [6.07, 6.45) is 11.8. The van der Waals surface area contributed by atoms with E-state index in [4.69, 9.17) is 4.74 Å². The third-order valence-electron chi connectivity index (χ3n) is 8.27. The van der Waals surface area contributed by atoms with Crippen LogP contribution in [0.15, 0.2) is 60.8 Å². The van der Waals surface area contributed by atoms with E-state index in [-0.39, 0.29) is 12.0 Å². The van der Waals surface area contributed by atoms with E-state index in [2.05, 4.69) is 75.2 Å². The molecule has 0 radical (unpaired) electrons. The summed E-state index contributed by atoms with van der Waals surface area (Å²) in [5, 5.41) is 10.7. The molecule has 0 amide bonds. The first-order valence-electron chi connectivity index (χ1n) is 13.5. The molecule has 1 heterocycles. The molecule has 1 aromatic heterocycles. The minimum Gasteiger partial charge on any atom is -0.463 e. The molecule has 2 aromatic carbocycles. The van der Waals surface area contributed by atoms with Gasteiger partial charge in [-0.1, -0.05) is 81.3 Å². The number of aliphatic hydroxyl groups is 1. The van der Waals surface area contributed by atoms with E-state index >= 15 is 0 Å². The summed E-state index contributed by atoms with van der Waals surface area (Å²) in [7, 11) is 0. The largest absolute Gasteiger partial charge is 0.463 e. The molecular weight excluding hydrogens is 458 g/mol. The van der Waals surface area contributed by atoms with Crippen LogP contribution in [-0.2, 0) is 21.6 Å². The Hall–Kier alpha value is -3.24. The first kappa shape index (κ1) is 26.8. The number of aryl methyl sites for hydroxylation is 2. The summed E-state index contributed by atoms with van der Waals surface area (Å²) in [5.41, 5.74) is 8.41. The van der Waals surface area contributed by atoms with Gasteiger partial charge in [-0.15, -0.1) is 0 Å². The molecular formula is C33H39NO3. The van der Waals surface area contributed by atoms with E-state index in [1.165, 1.54) is 27.8 Å². The minimum absolute atomic E-state index is 0.0800. The molecule has 0 unspecified atom stereocenters. The summed E-state index contributed by atoms with van der Waals surface area (Å²) in [6.45, 7) is 9.55. The Kier molecular flexibility index (Phi) is 8.29. The van der Waals surface area contributed by atoms with Crippen molar-refractivity contribution in [3.05, 3.63) is 94.2 Å². The summed E-state index contributed by atoms with van der Waals surface area (Å²) in [4.78, 5) is 15.1. The predicted octanol–water partition coefficient (Wildman–Crippen LogP) is 7.46. The lowest BCUT2D eigenvalue weighted by atomic mass is 9.69. The van der Waals surface area contributed by atoms with Crippen molar-refractivity contribution in [3.63, 3.8) is 0 Å². The van der Waals surface area contributed by atoms with Crippen LogP contribution in [0.25, 0.3) is 17.3 Å². The van der Waals surface area contributed by atoms with Gasteiger partial charge in [-0.3, -0.25) is 9.78 Å². The van der Waals surface area contributed by atoms with Crippen LogP contribution in [0.3, 0.4) is 0 Å². The Labute approximate surface area is 221 Å². The number of carbonyl (C=O) groups excluding carboxylic acids is 1. The van der Waals surface area contributed by atoms with Crippen LogP contribution in [0.5, 0.6) is 0 Å². The second-order valence-electron chi connectivity index (χ2n) is 10.5. The topological polar surface area (TPSA) is 59.4 Å². The standard InChI is InChI=1S/C33H39NO3/c1-5-33(6-2,28-11-10-27(24(3)19-28)15-18-32(36)16-7-8-17-32)29-12-13-30(25(4)20-29)31-14-9-26(21-34-31)22-37-23-35/h9-15,18-21,23,36H,5-8,16-17,22H2,1-4H3/b18-15+. The molecule has 4 rings (SSSR count). The lowest BCUT2D eigenvalue weighted by Gasteiger charge is -2.34. The van der Waals surface area contributed by atoms with Gasteiger partial charge in [-0.05, 0) is 73.4 Å².